The van der Waals surface area contributed by atoms with Crippen molar-refractivity contribution in [2.75, 3.05) is 6.54 Å². The molecule has 0 aromatic carbocycles. The summed E-state index contributed by atoms with van der Waals surface area (Å²) in [5.74, 6) is -6.91. The third kappa shape index (κ3) is 6.35. The highest BCUT2D eigenvalue weighted by molar-refractivity contribution is 5.92. The Bertz CT molecular complexity index is 1420. The summed E-state index contributed by atoms with van der Waals surface area (Å²) in [6, 6.07) is 3.81. The minimum absolute atomic E-state index is 0.00390. The molecule has 14 heteroatoms. The van der Waals surface area contributed by atoms with Crippen LogP contribution in [0.1, 0.15) is 79.9 Å². The van der Waals surface area contributed by atoms with Crippen LogP contribution in [0.3, 0.4) is 0 Å². The van der Waals surface area contributed by atoms with Gasteiger partial charge in [0.1, 0.15) is 5.69 Å². The molecule has 1 aliphatic heterocycles. The smallest absolute Gasteiger partial charge is 0.355 e. The van der Waals surface area contributed by atoms with E-state index in [1.807, 2.05) is 13.8 Å². The molecule has 1 aliphatic carbocycles. The SMILES string of the molecule is CC(C)n1nccc1C(=O)N[C@H](c1cn2nc(CC3C[C@@H](C(F)(F)F)CNC3=O)ccc2n1)[C@@H]1CCCC(F)(F)C1. The van der Waals surface area contributed by atoms with Crippen molar-refractivity contribution in [1.82, 2.24) is 35.0 Å². The Balaban J connectivity index is 1.41. The van der Waals surface area contributed by atoms with Crippen molar-refractivity contribution in [1.29, 1.82) is 0 Å². The fourth-order valence-corrected chi connectivity index (χ4v) is 5.83. The van der Waals surface area contributed by atoms with Gasteiger partial charge in [-0.25, -0.2) is 18.3 Å². The van der Waals surface area contributed by atoms with Gasteiger partial charge in [0.05, 0.1) is 29.5 Å². The maximum absolute atomic E-state index is 14.5. The number of imidazole rings is 1. The largest absolute Gasteiger partial charge is 0.393 e. The number of nitrogens with one attached hydrogen (secondary N) is 2. The molecule has 2 aliphatic rings. The number of piperidine rings is 1. The zero-order valence-electron chi connectivity index (χ0n) is 22.7. The number of hydrogen-bond donors (Lipinski definition) is 2. The van der Waals surface area contributed by atoms with Gasteiger partial charge in [-0.05, 0) is 57.2 Å². The number of aromatic nitrogens is 5. The molecule has 1 saturated heterocycles. The highest BCUT2D eigenvalue weighted by Crippen LogP contribution is 2.42. The Morgan fingerprint density at radius 2 is 2.02 bits per heavy atom. The first-order valence-corrected chi connectivity index (χ1v) is 13.7. The Kier molecular flexibility index (Phi) is 7.77. The highest BCUT2D eigenvalue weighted by Gasteiger charge is 2.45. The molecule has 0 spiro atoms. The summed E-state index contributed by atoms with van der Waals surface area (Å²) in [5.41, 5.74) is 1.39. The van der Waals surface area contributed by atoms with Gasteiger partial charge in [-0.3, -0.25) is 14.3 Å². The third-order valence-electron chi connectivity index (χ3n) is 7.92. The molecule has 9 nitrogen and oxygen atoms in total. The van der Waals surface area contributed by atoms with Crippen LogP contribution in [0.25, 0.3) is 5.65 Å². The lowest BCUT2D eigenvalue weighted by Crippen LogP contribution is -2.47. The summed E-state index contributed by atoms with van der Waals surface area (Å²) >= 11 is 0. The standard InChI is InChI=1S/C27H32F5N7O2/c1-15(2)39-21(7-9-34-39)25(41)36-23(16-4-3-8-26(28,29)12-16)20-14-38-22(35-20)6-5-19(37-38)11-17-10-18(27(30,31)32)13-33-24(17)40/h5-7,9,14-18,23H,3-4,8,10-13H2,1-2H3,(H,33,40)(H,36,41)/t16-,17?,18-,23+/m1/s1. The Morgan fingerprint density at radius 1 is 1.24 bits per heavy atom. The molecule has 0 bridgehead atoms. The number of hydrogen-bond acceptors (Lipinski definition) is 5. The van der Waals surface area contributed by atoms with Crippen LogP contribution in [-0.2, 0) is 11.2 Å². The first-order valence-electron chi connectivity index (χ1n) is 13.7. The molecule has 4 atom stereocenters. The number of nitrogens with zero attached hydrogens (tertiary/aromatic N) is 5. The topological polar surface area (TPSA) is 106 Å². The van der Waals surface area contributed by atoms with E-state index in [0.29, 0.717) is 35.6 Å². The molecule has 2 fully saturated rings. The predicted octanol–water partition coefficient (Wildman–Crippen LogP) is 4.66. The second kappa shape index (κ2) is 11.0. The van der Waals surface area contributed by atoms with Gasteiger partial charge in [-0.1, -0.05) is 0 Å². The van der Waals surface area contributed by atoms with Crippen molar-refractivity contribution in [3.63, 3.8) is 0 Å². The molecule has 3 aromatic heterocycles. The fourth-order valence-electron chi connectivity index (χ4n) is 5.83. The van der Waals surface area contributed by atoms with Gasteiger partial charge < -0.3 is 10.6 Å². The van der Waals surface area contributed by atoms with E-state index >= 15 is 0 Å². The first kappa shape index (κ1) is 28.9. The summed E-state index contributed by atoms with van der Waals surface area (Å²) in [5, 5.41) is 13.9. The number of amides is 2. The van der Waals surface area contributed by atoms with Crippen LogP contribution >= 0.6 is 0 Å². The second-order valence-corrected chi connectivity index (χ2v) is 11.3. The summed E-state index contributed by atoms with van der Waals surface area (Å²) in [6.45, 7) is 3.30. The predicted molar refractivity (Wildman–Crippen MR) is 137 cm³/mol. The molecule has 0 radical (unpaired) electrons. The van der Waals surface area contributed by atoms with Crippen LogP contribution < -0.4 is 10.6 Å². The summed E-state index contributed by atoms with van der Waals surface area (Å²) in [6.07, 6.45) is -1.58. The molecular weight excluding hydrogens is 549 g/mol. The van der Waals surface area contributed by atoms with E-state index in [2.05, 4.69) is 25.8 Å². The maximum atomic E-state index is 14.5. The molecule has 41 heavy (non-hydrogen) atoms. The van der Waals surface area contributed by atoms with E-state index in [9.17, 15) is 31.5 Å². The van der Waals surface area contributed by atoms with Crippen LogP contribution in [0.15, 0.2) is 30.6 Å². The summed E-state index contributed by atoms with van der Waals surface area (Å²) in [4.78, 5) is 30.2. The van der Waals surface area contributed by atoms with Crippen LogP contribution in [-0.4, -0.2) is 54.8 Å². The molecule has 222 valence electrons. The van der Waals surface area contributed by atoms with Gasteiger partial charge >= 0.3 is 6.18 Å². The fraction of sp³-hybridized carbons (Fsp3) is 0.593. The zero-order valence-corrected chi connectivity index (χ0v) is 22.7. The number of fused-ring (bicyclic) bond motifs is 1. The minimum Gasteiger partial charge on any atom is -0.355 e. The summed E-state index contributed by atoms with van der Waals surface area (Å²) in [7, 11) is 0. The first-order chi connectivity index (χ1) is 19.3. The lowest BCUT2D eigenvalue weighted by molar-refractivity contribution is -0.183. The Hall–Kier alpha value is -3.58. The average Bonchev–Trinajstić information content (AvgIpc) is 3.54. The van der Waals surface area contributed by atoms with E-state index in [-0.39, 0.29) is 25.3 Å². The van der Waals surface area contributed by atoms with Gasteiger partial charge in [0, 0.05) is 44.0 Å². The van der Waals surface area contributed by atoms with E-state index in [4.69, 9.17) is 0 Å². The van der Waals surface area contributed by atoms with Gasteiger partial charge in [0.25, 0.3) is 5.91 Å². The number of alkyl halides is 5. The Labute approximate surface area is 232 Å². The Morgan fingerprint density at radius 3 is 2.73 bits per heavy atom. The van der Waals surface area contributed by atoms with E-state index in [0.717, 1.165) is 0 Å². The van der Waals surface area contributed by atoms with Crippen LogP contribution in [0.2, 0.25) is 0 Å². The lowest BCUT2D eigenvalue weighted by Gasteiger charge is -2.34. The average molecular weight is 582 g/mol. The van der Waals surface area contributed by atoms with Gasteiger partial charge in [-0.15, -0.1) is 0 Å². The van der Waals surface area contributed by atoms with Gasteiger partial charge in [-0.2, -0.15) is 23.4 Å². The van der Waals surface area contributed by atoms with Crippen molar-refractivity contribution in [2.45, 2.75) is 76.6 Å². The van der Waals surface area contributed by atoms with Gasteiger partial charge in [0.2, 0.25) is 11.8 Å². The molecule has 1 saturated carbocycles. The molecule has 5 rings (SSSR count). The van der Waals surface area contributed by atoms with Crippen molar-refractivity contribution < 1.29 is 31.5 Å². The second-order valence-electron chi connectivity index (χ2n) is 11.3. The van der Waals surface area contributed by atoms with Crippen LogP contribution in [0.5, 0.6) is 0 Å². The minimum atomic E-state index is -4.41. The van der Waals surface area contributed by atoms with Crippen molar-refractivity contribution in [3.8, 4) is 0 Å². The molecule has 1 unspecified atom stereocenters. The molecule has 2 N–H and O–H groups in total. The maximum Gasteiger partial charge on any atom is 0.393 e. The molecule has 3 aromatic rings. The van der Waals surface area contributed by atoms with Crippen LogP contribution in [0, 0.1) is 17.8 Å². The molecule has 2 amide bonds. The van der Waals surface area contributed by atoms with Crippen molar-refractivity contribution in [3.05, 3.63) is 47.7 Å². The van der Waals surface area contributed by atoms with E-state index in [1.54, 1.807) is 22.9 Å². The summed E-state index contributed by atoms with van der Waals surface area (Å²) < 4.78 is 71.6. The normalized spacial score (nSPS) is 23.9. The van der Waals surface area contributed by atoms with Crippen LogP contribution in [0.4, 0.5) is 22.0 Å². The molecule has 4 heterocycles. The number of carbonyl (C=O) groups excluding carboxylic acids is 2. The van der Waals surface area contributed by atoms with Crippen molar-refractivity contribution >= 4 is 17.5 Å². The molecular formula is C27H32F5N7O2. The monoisotopic (exact) mass is 581 g/mol. The van der Waals surface area contributed by atoms with Crippen molar-refractivity contribution in [2.24, 2.45) is 17.8 Å². The number of carbonyl (C=O) groups is 2. The van der Waals surface area contributed by atoms with Gasteiger partial charge in [0.15, 0.2) is 5.65 Å². The lowest BCUT2D eigenvalue weighted by atomic mass is 9.80. The van der Waals surface area contributed by atoms with E-state index in [1.165, 1.54) is 16.9 Å². The zero-order chi connectivity index (χ0) is 29.5. The highest BCUT2D eigenvalue weighted by atomic mass is 19.4. The third-order valence-corrected chi connectivity index (χ3v) is 7.92. The number of rotatable bonds is 7. The van der Waals surface area contributed by atoms with E-state index < -0.39 is 60.7 Å². The number of halogens is 5. The quantitative estimate of drug-likeness (QED) is 0.395.